The standard InChI is InChI=1S/C13H17N3O/c1-10-3-5-12(6-4-10)17-9-13-15-8-11(7-14)16(13)2/h3-6,8H,7,9,14H2,1-2H3. The molecule has 0 saturated carbocycles. The topological polar surface area (TPSA) is 53.1 Å². The Morgan fingerprint density at radius 2 is 2.00 bits per heavy atom. The maximum absolute atomic E-state index is 5.66. The monoisotopic (exact) mass is 231 g/mol. The van der Waals surface area contributed by atoms with Gasteiger partial charge in [0, 0.05) is 19.8 Å². The van der Waals surface area contributed by atoms with Crippen LogP contribution in [-0.2, 0) is 20.2 Å². The smallest absolute Gasteiger partial charge is 0.146 e. The Kier molecular flexibility index (Phi) is 3.44. The summed E-state index contributed by atoms with van der Waals surface area (Å²) < 4.78 is 7.63. The molecule has 0 aliphatic carbocycles. The molecule has 0 unspecified atom stereocenters. The third-order valence-corrected chi connectivity index (χ3v) is 2.78. The lowest BCUT2D eigenvalue weighted by molar-refractivity contribution is 0.291. The second-order valence-corrected chi connectivity index (χ2v) is 4.03. The molecule has 0 fully saturated rings. The van der Waals surface area contributed by atoms with Gasteiger partial charge in [-0.25, -0.2) is 4.98 Å². The first kappa shape index (κ1) is 11.7. The molecule has 0 aliphatic rings. The summed E-state index contributed by atoms with van der Waals surface area (Å²) in [5.74, 6) is 1.74. The van der Waals surface area contributed by atoms with Crippen molar-refractivity contribution in [3.05, 3.63) is 47.5 Å². The molecule has 0 spiro atoms. The van der Waals surface area contributed by atoms with Gasteiger partial charge >= 0.3 is 0 Å². The van der Waals surface area contributed by atoms with Crippen LogP contribution >= 0.6 is 0 Å². The first-order valence-corrected chi connectivity index (χ1v) is 5.59. The Balaban J connectivity index is 2.02. The van der Waals surface area contributed by atoms with E-state index < -0.39 is 0 Å². The summed E-state index contributed by atoms with van der Waals surface area (Å²) in [5, 5.41) is 0. The van der Waals surface area contributed by atoms with Crippen LogP contribution in [0.3, 0.4) is 0 Å². The van der Waals surface area contributed by atoms with Gasteiger partial charge in [-0.15, -0.1) is 0 Å². The van der Waals surface area contributed by atoms with E-state index in [2.05, 4.69) is 11.9 Å². The number of nitrogens with two attached hydrogens (primary N) is 1. The minimum absolute atomic E-state index is 0.458. The van der Waals surface area contributed by atoms with Gasteiger partial charge in [-0.1, -0.05) is 17.7 Å². The maximum atomic E-state index is 5.66. The molecule has 1 aromatic carbocycles. The number of imidazole rings is 1. The van der Waals surface area contributed by atoms with Crippen molar-refractivity contribution in [2.24, 2.45) is 12.8 Å². The fraction of sp³-hybridized carbons (Fsp3) is 0.308. The number of aryl methyl sites for hydroxylation is 1. The van der Waals surface area contributed by atoms with Crippen molar-refractivity contribution in [3.8, 4) is 5.75 Å². The van der Waals surface area contributed by atoms with Gasteiger partial charge < -0.3 is 15.0 Å². The van der Waals surface area contributed by atoms with Crippen molar-refractivity contribution in [2.45, 2.75) is 20.1 Å². The van der Waals surface area contributed by atoms with Crippen LogP contribution in [0.25, 0.3) is 0 Å². The van der Waals surface area contributed by atoms with Crippen LogP contribution in [0.4, 0.5) is 0 Å². The van der Waals surface area contributed by atoms with Gasteiger partial charge in [0.2, 0.25) is 0 Å². The van der Waals surface area contributed by atoms with E-state index >= 15 is 0 Å². The van der Waals surface area contributed by atoms with Crippen molar-refractivity contribution in [2.75, 3.05) is 0 Å². The molecule has 0 amide bonds. The van der Waals surface area contributed by atoms with Gasteiger partial charge in [-0.05, 0) is 19.1 Å². The second kappa shape index (κ2) is 5.01. The van der Waals surface area contributed by atoms with Gasteiger partial charge in [0.25, 0.3) is 0 Å². The van der Waals surface area contributed by atoms with Crippen LogP contribution in [0.15, 0.2) is 30.5 Å². The van der Waals surface area contributed by atoms with Crippen LogP contribution in [-0.4, -0.2) is 9.55 Å². The average Bonchev–Trinajstić information content (AvgIpc) is 2.69. The molecule has 2 aromatic rings. The molecule has 1 aromatic heterocycles. The fourth-order valence-corrected chi connectivity index (χ4v) is 1.59. The highest BCUT2D eigenvalue weighted by Gasteiger charge is 2.05. The zero-order valence-corrected chi connectivity index (χ0v) is 10.2. The molecule has 1 heterocycles. The predicted molar refractivity (Wildman–Crippen MR) is 66.6 cm³/mol. The minimum Gasteiger partial charge on any atom is -0.486 e. The Hall–Kier alpha value is -1.81. The van der Waals surface area contributed by atoms with E-state index in [1.807, 2.05) is 35.9 Å². The molecule has 0 saturated heterocycles. The molecule has 2 N–H and O–H groups in total. The molecule has 0 radical (unpaired) electrons. The van der Waals surface area contributed by atoms with Gasteiger partial charge in [0.1, 0.15) is 18.2 Å². The molecule has 0 aliphatic heterocycles. The molecular weight excluding hydrogens is 214 g/mol. The SMILES string of the molecule is Cc1ccc(OCc2ncc(CN)n2C)cc1. The van der Waals surface area contributed by atoms with E-state index in [1.165, 1.54) is 5.56 Å². The lowest BCUT2D eigenvalue weighted by Gasteiger charge is -2.07. The molecule has 0 bridgehead atoms. The summed E-state index contributed by atoms with van der Waals surface area (Å²) in [7, 11) is 1.95. The number of hydrogen-bond acceptors (Lipinski definition) is 3. The highest BCUT2D eigenvalue weighted by molar-refractivity contribution is 5.26. The first-order chi connectivity index (χ1) is 8.20. The highest BCUT2D eigenvalue weighted by Crippen LogP contribution is 2.13. The quantitative estimate of drug-likeness (QED) is 0.872. The van der Waals surface area contributed by atoms with Crippen molar-refractivity contribution >= 4 is 0 Å². The Morgan fingerprint density at radius 3 is 2.59 bits per heavy atom. The van der Waals surface area contributed by atoms with Gasteiger partial charge in [0.15, 0.2) is 0 Å². The van der Waals surface area contributed by atoms with E-state index in [-0.39, 0.29) is 0 Å². The Bertz CT molecular complexity index is 488. The lowest BCUT2D eigenvalue weighted by atomic mass is 10.2. The van der Waals surface area contributed by atoms with Crippen molar-refractivity contribution in [1.82, 2.24) is 9.55 Å². The lowest BCUT2D eigenvalue weighted by Crippen LogP contribution is -2.08. The zero-order chi connectivity index (χ0) is 12.3. The number of hydrogen-bond donors (Lipinski definition) is 1. The van der Waals surface area contributed by atoms with E-state index in [0.29, 0.717) is 13.2 Å². The number of aromatic nitrogens is 2. The third kappa shape index (κ3) is 2.65. The number of benzene rings is 1. The van der Waals surface area contributed by atoms with Crippen LogP contribution in [0.2, 0.25) is 0 Å². The van der Waals surface area contributed by atoms with Crippen LogP contribution in [0, 0.1) is 6.92 Å². The third-order valence-electron chi connectivity index (χ3n) is 2.78. The van der Waals surface area contributed by atoms with Crippen molar-refractivity contribution < 1.29 is 4.74 Å². The van der Waals surface area contributed by atoms with E-state index in [0.717, 1.165) is 17.3 Å². The second-order valence-electron chi connectivity index (χ2n) is 4.03. The van der Waals surface area contributed by atoms with Crippen molar-refractivity contribution in [3.63, 3.8) is 0 Å². The molecule has 17 heavy (non-hydrogen) atoms. The number of ether oxygens (including phenoxy) is 1. The summed E-state index contributed by atoms with van der Waals surface area (Å²) >= 11 is 0. The predicted octanol–water partition coefficient (Wildman–Crippen LogP) is 1.77. The molecule has 2 rings (SSSR count). The van der Waals surface area contributed by atoms with Crippen molar-refractivity contribution in [1.29, 1.82) is 0 Å². The zero-order valence-electron chi connectivity index (χ0n) is 10.2. The molecule has 4 nitrogen and oxygen atoms in total. The molecular formula is C13H17N3O. The molecule has 90 valence electrons. The largest absolute Gasteiger partial charge is 0.486 e. The van der Waals surface area contributed by atoms with Crippen LogP contribution in [0.5, 0.6) is 5.75 Å². The highest BCUT2D eigenvalue weighted by atomic mass is 16.5. The van der Waals surface area contributed by atoms with Gasteiger partial charge in [0.05, 0.1) is 5.69 Å². The normalized spacial score (nSPS) is 10.5. The van der Waals surface area contributed by atoms with E-state index in [4.69, 9.17) is 10.5 Å². The summed E-state index contributed by atoms with van der Waals surface area (Å²) in [6.45, 7) is 3.00. The molecule has 0 atom stereocenters. The first-order valence-electron chi connectivity index (χ1n) is 5.59. The Morgan fingerprint density at radius 1 is 1.29 bits per heavy atom. The number of rotatable bonds is 4. The van der Waals surface area contributed by atoms with Gasteiger partial charge in [-0.2, -0.15) is 0 Å². The molecule has 4 heteroatoms. The van der Waals surface area contributed by atoms with Crippen LogP contribution < -0.4 is 10.5 Å². The fourth-order valence-electron chi connectivity index (χ4n) is 1.59. The van der Waals surface area contributed by atoms with Crippen LogP contribution in [0.1, 0.15) is 17.1 Å². The van der Waals surface area contributed by atoms with Gasteiger partial charge in [-0.3, -0.25) is 0 Å². The van der Waals surface area contributed by atoms with E-state index in [1.54, 1.807) is 6.20 Å². The Labute approximate surface area is 101 Å². The summed E-state index contributed by atoms with van der Waals surface area (Å²) in [4.78, 5) is 4.28. The summed E-state index contributed by atoms with van der Waals surface area (Å²) in [6, 6.07) is 7.97. The number of nitrogens with zero attached hydrogens (tertiary/aromatic N) is 2. The average molecular weight is 231 g/mol. The minimum atomic E-state index is 0.458. The summed E-state index contributed by atoms with van der Waals surface area (Å²) in [5.41, 5.74) is 7.82. The maximum Gasteiger partial charge on any atom is 0.146 e. The summed E-state index contributed by atoms with van der Waals surface area (Å²) in [6.07, 6.45) is 1.79. The van der Waals surface area contributed by atoms with E-state index in [9.17, 15) is 0 Å².